The van der Waals surface area contributed by atoms with E-state index in [9.17, 15) is 0 Å². The van der Waals surface area contributed by atoms with Crippen LogP contribution in [0.25, 0.3) is 0 Å². The van der Waals surface area contributed by atoms with E-state index in [1.54, 1.807) is 0 Å². The Morgan fingerprint density at radius 1 is 1.00 bits per heavy atom. The Balaban J connectivity index is 0.000000157. The van der Waals surface area contributed by atoms with Crippen molar-refractivity contribution < 1.29 is 0 Å². The maximum atomic E-state index is 3.77. The van der Waals surface area contributed by atoms with Gasteiger partial charge in [0.2, 0.25) is 0 Å². The standard InChI is InChI=1S/C11H16N3Si.C9H11N/c1-12-10-7-8-5-3-4-6-9(8)11(15)14(10)13-2;1-2-4-9-7-10-6-5-8(9)3-1/h3-6,10-13H,7H2,1-2H3;1-4,10H,5-7H2. The Hall–Kier alpha value is -1.50. The Labute approximate surface area is 154 Å². The van der Waals surface area contributed by atoms with E-state index in [4.69, 9.17) is 0 Å². The van der Waals surface area contributed by atoms with E-state index in [0.29, 0.717) is 6.17 Å². The zero-order valence-corrected chi connectivity index (χ0v) is 16.0. The average Bonchev–Trinajstić information content (AvgIpc) is 2.68. The fourth-order valence-electron chi connectivity index (χ4n) is 3.57. The van der Waals surface area contributed by atoms with Crippen LogP contribution in [0, 0.1) is 0 Å². The molecular formula is C20H27N4Si. The normalized spacial score (nSPS) is 22.4. The second kappa shape index (κ2) is 8.74. The molecular weight excluding hydrogens is 324 g/mol. The molecule has 2 aromatic carbocycles. The molecule has 3 radical (unpaired) electrons. The van der Waals surface area contributed by atoms with Crippen molar-refractivity contribution in [1.29, 1.82) is 0 Å². The molecule has 0 aliphatic carbocycles. The third kappa shape index (κ3) is 4.19. The van der Waals surface area contributed by atoms with Gasteiger partial charge in [0.1, 0.15) is 0 Å². The number of rotatable bonds is 2. The van der Waals surface area contributed by atoms with Crippen molar-refractivity contribution in [3.05, 3.63) is 70.8 Å². The molecule has 0 bridgehead atoms. The molecule has 0 fully saturated rings. The summed E-state index contributed by atoms with van der Waals surface area (Å²) in [6.45, 7) is 2.19. The van der Waals surface area contributed by atoms with Crippen molar-refractivity contribution >= 4 is 10.2 Å². The van der Waals surface area contributed by atoms with E-state index < -0.39 is 0 Å². The lowest BCUT2D eigenvalue weighted by atomic mass is 9.98. The molecule has 4 nitrogen and oxygen atoms in total. The number of hydrogen-bond acceptors (Lipinski definition) is 4. The molecule has 0 amide bonds. The summed E-state index contributed by atoms with van der Waals surface area (Å²) < 4.78 is 0. The Kier molecular flexibility index (Phi) is 6.39. The summed E-state index contributed by atoms with van der Waals surface area (Å²) in [5.74, 6) is 0. The van der Waals surface area contributed by atoms with Gasteiger partial charge in [-0.1, -0.05) is 48.5 Å². The first-order valence-electron chi connectivity index (χ1n) is 8.94. The SMILES string of the molecule is CNC1Cc2ccccc2C([Si])N1NC.c1ccc2c(c1)CCNC2. The quantitative estimate of drug-likeness (QED) is 0.721. The Morgan fingerprint density at radius 2 is 1.68 bits per heavy atom. The van der Waals surface area contributed by atoms with Crippen molar-refractivity contribution in [1.82, 2.24) is 21.1 Å². The van der Waals surface area contributed by atoms with E-state index in [2.05, 4.69) is 79.8 Å². The Bertz CT molecular complexity index is 666. The third-order valence-corrected chi connectivity index (χ3v) is 5.56. The van der Waals surface area contributed by atoms with E-state index in [1.165, 1.54) is 28.7 Å². The summed E-state index contributed by atoms with van der Waals surface area (Å²) in [6, 6.07) is 17.2. The van der Waals surface area contributed by atoms with E-state index in [1.807, 2.05) is 14.1 Å². The lowest BCUT2D eigenvalue weighted by Crippen LogP contribution is -2.55. The van der Waals surface area contributed by atoms with E-state index >= 15 is 0 Å². The second-order valence-electron chi connectivity index (χ2n) is 6.44. The molecule has 131 valence electrons. The molecule has 0 spiro atoms. The highest BCUT2D eigenvalue weighted by molar-refractivity contribution is 6.12. The van der Waals surface area contributed by atoms with Gasteiger partial charge >= 0.3 is 0 Å². The summed E-state index contributed by atoms with van der Waals surface area (Å²) in [4.78, 5) is 0. The first kappa shape index (κ1) is 18.3. The minimum atomic E-state index is 0.220. The molecule has 4 rings (SSSR count). The number of benzene rings is 2. The molecule has 0 saturated heterocycles. The van der Waals surface area contributed by atoms with Crippen LogP contribution in [0.3, 0.4) is 0 Å². The number of fused-ring (bicyclic) bond motifs is 2. The van der Waals surface area contributed by atoms with Crippen LogP contribution in [0.15, 0.2) is 48.5 Å². The maximum Gasteiger partial charge on any atom is 0.0774 e. The number of nitrogens with one attached hydrogen (secondary N) is 3. The minimum Gasteiger partial charge on any atom is -0.312 e. The van der Waals surface area contributed by atoms with Crippen LogP contribution >= 0.6 is 0 Å². The molecule has 2 heterocycles. The fraction of sp³-hybridized carbons (Fsp3) is 0.400. The van der Waals surface area contributed by atoms with Crippen LogP contribution in [0.2, 0.25) is 0 Å². The summed E-state index contributed by atoms with van der Waals surface area (Å²) in [7, 11) is 7.71. The lowest BCUT2D eigenvalue weighted by molar-refractivity contribution is 0.0885. The number of hydrazine groups is 1. The average molecular weight is 352 g/mol. The molecule has 0 saturated carbocycles. The largest absolute Gasteiger partial charge is 0.312 e. The number of nitrogens with zero attached hydrogens (tertiary/aromatic N) is 1. The molecule has 25 heavy (non-hydrogen) atoms. The highest BCUT2D eigenvalue weighted by atomic mass is 28.1. The van der Waals surface area contributed by atoms with Gasteiger partial charge in [0.05, 0.1) is 16.4 Å². The van der Waals surface area contributed by atoms with E-state index in [-0.39, 0.29) is 5.67 Å². The molecule has 0 aromatic heterocycles. The van der Waals surface area contributed by atoms with Gasteiger partial charge in [-0.15, -0.1) is 0 Å². The number of hydrogen-bond donors (Lipinski definition) is 3. The van der Waals surface area contributed by atoms with Crippen molar-refractivity contribution in [2.24, 2.45) is 0 Å². The first-order valence-corrected chi connectivity index (χ1v) is 9.51. The fourth-order valence-corrected chi connectivity index (χ4v) is 4.16. The van der Waals surface area contributed by atoms with E-state index in [0.717, 1.165) is 19.5 Å². The van der Waals surface area contributed by atoms with Crippen molar-refractivity contribution in [2.75, 3.05) is 20.6 Å². The molecule has 2 aliphatic rings. The van der Waals surface area contributed by atoms with Gasteiger partial charge in [0.25, 0.3) is 0 Å². The number of likely N-dealkylation sites (N-methyl/N-ethyl adjacent to an activating group) is 1. The van der Waals surface area contributed by atoms with Gasteiger partial charge in [0.15, 0.2) is 0 Å². The van der Waals surface area contributed by atoms with Crippen LogP contribution < -0.4 is 16.1 Å². The van der Waals surface area contributed by atoms with Gasteiger partial charge in [0, 0.05) is 18.6 Å². The summed E-state index contributed by atoms with van der Waals surface area (Å²) in [6.07, 6.45) is 2.54. The zero-order valence-electron chi connectivity index (χ0n) is 15.0. The maximum absolute atomic E-state index is 3.77. The van der Waals surface area contributed by atoms with Crippen LogP contribution in [0.5, 0.6) is 0 Å². The van der Waals surface area contributed by atoms with Crippen LogP contribution in [0.1, 0.15) is 27.9 Å². The highest BCUT2D eigenvalue weighted by Crippen LogP contribution is 2.28. The van der Waals surface area contributed by atoms with Gasteiger partial charge in [-0.2, -0.15) is 0 Å². The summed E-state index contributed by atoms with van der Waals surface area (Å²) in [5.41, 5.74) is 9.17. The third-order valence-electron chi connectivity index (χ3n) is 4.97. The molecule has 2 aliphatic heterocycles. The predicted octanol–water partition coefficient (Wildman–Crippen LogP) is 1.72. The van der Waals surface area contributed by atoms with Crippen LogP contribution in [-0.2, 0) is 19.4 Å². The summed E-state index contributed by atoms with van der Waals surface area (Å²) >= 11 is 0. The second-order valence-corrected chi connectivity index (χ2v) is 6.98. The monoisotopic (exact) mass is 351 g/mol. The Morgan fingerprint density at radius 3 is 2.36 bits per heavy atom. The van der Waals surface area contributed by atoms with Gasteiger partial charge < -0.3 is 10.6 Å². The minimum absolute atomic E-state index is 0.220. The predicted molar refractivity (Wildman–Crippen MR) is 104 cm³/mol. The van der Waals surface area contributed by atoms with Crippen molar-refractivity contribution in [3.63, 3.8) is 0 Å². The molecule has 5 heteroatoms. The van der Waals surface area contributed by atoms with Crippen LogP contribution in [0.4, 0.5) is 0 Å². The lowest BCUT2D eigenvalue weighted by Gasteiger charge is -2.40. The smallest absolute Gasteiger partial charge is 0.0774 e. The van der Waals surface area contributed by atoms with Crippen molar-refractivity contribution in [2.45, 2.75) is 31.2 Å². The zero-order chi connectivity index (χ0) is 17.6. The van der Waals surface area contributed by atoms with Crippen molar-refractivity contribution in [3.8, 4) is 0 Å². The summed E-state index contributed by atoms with van der Waals surface area (Å²) in [5, 5.41) is 8.83. The molecule has 2 unspecified atom stereocenters. The first-order chi connectivity index (χ1) is 12.2. The van der Waals surface area contributed by atoms with Gasteiger partial charge in [-0.3, -0.25) is 5.43 Å². The van der Waals surface area contributed by atoms with Gasteiger partial charge in [-0.05, 0) is 49.3 Å². The molecule has 3 N–H and O–H groups in total. The van der Waals surface area contributed by atoms with Crippen LogP contribution in [-0.4, -0.2) is 42.1 Å². The molecule has 2 atom stereocenters. The highest BCUT2D eigenvalue weighted by Gasteiger charge is 2.29. The topological polar surface area (TPSA) is 39.3 Å². The molecule has 2 aromatic rings. The van der Waals surface area contributed by atoms with Gasteiger partial charge in [-0.25, -0.2) is 5.01 Å².